The maximum atomic E-state index is 11.8. The summed E-state index contributed by atoms with van der Waals surface area (Å²) < 4.78 is 5.60. The maximum absolute atomic E-state index is 11.8. The average molecular weight is 304 g/mol. The highest BCUT2D eigenvalue weighted by Gasteiger charge is 2.24. The van der Waals surface area contributed by atoms with Crippen LogP contribution in [0.4, 0.5) is 0 Å². The smallest absolute Gasteiger partial charge is 0.303 e. The van der Waals surface area contributed by atoms with Crippen LogP contribution >= 0.6 is 15.9 Å². The van der Waals surface area contributed by atoms with E-state index < -0.39 is 11.5 Å². The second-order valence-corrected chi connectivity index (χ2v) is 5.18. The molecule has 0 atom stereocenters. The van der Waals surface area contributed by atoms with Gasteiger partial charge >= 0.3 is 5.97 Å². The van der Waals surface area contributed by atoms with E-state index in [1.54, 1.807) is 19.9 Å². The van der Waals surface area contributed by atoms with Gasteiger partial charge in [0.15, 0.2) is 0 Å². The molecule has 0 unspecified atom stereocenters. The first kappa shape index (κ1) is 13.8. The highest BCUT2D eigenvalue weighted by Crippen LogP contribution is 2.19. The molecule has 1 heterocycles. The van der Waals surface area contributed by atoms with Crippen molar-refractivity contribution in [3.05, 3.63) is 22.6 Å². The van der Waals surface area contributed by atoms with Gasteiger partial charge < -0.3 is 14.8 Å². The molecule has 1 aromatic heterocycles. The van der Waals surface area contributed by atoms with Gasteiger partial charge in [-0.05, 0) is 42.3 Å². The zero-order chi connectivity index (χ0) is 13.1. The van der Waals surface area contributed by atoms with E-state index in [4.69, 9.17) is 9.52 Å². The van der Waals surface area contributed by atoms with Crippen LogP contribution in [-0.4, -0.2) is 22.5 Å². The molecule has 0 radical (unpaired) electrons. The van der Waals surface area contributed by atoms with Gasteiger partial charge in [0.05, 0.1) is 10.7 Å². The number of carboxylic acid groups (broad SMARTS) is 1. The zero-order valence-electron chi connectivity index (χ0n) is 9.62. The lowest BCUT2D eigenvalue weighted by molar-refractivity contribution is -0.137. The van der Waals surface area contributed by atoms with Gasteiger partial charge in [-0.25, -0.2) is 0 Å². The number of hydrogen-bond donors (Lipinski definition) is 2. The van der Waals surface area contributed by atoms with Crippen LogP contribution in [0, 0.1) is 0 Å². The predicted octanol–water partition coefficient (Wildman–Crippen LogP) is 2.42. The summed E-state index contributed by atoms with van der Waals surface area (Å²) in [5.74, 6) is -1.06. The van der Waals surface area contributed by atoms with Gasteiger partial charge in [0.2, 0.25) is 5.76 Å². The summed E-state index contributed by atoms with van der Waals surface area (Å²) in [4.78, 5) is 22.3. The fourth-order valence-corrected chi connectivity index (χ4v) is 1.68. The Morgan fingerprint density at radius 3 is 2.65 bits per heavy atom. The lowest BCUT2D eigenvalue weighted by atomic mass is 9.98. The van der Waals surface area contributed by atoms with Gasteiger partial charge in [-0.3, -0.25) is 9.59 Å². The molecule has 0 aliphatic carbocycles. The number of rotatable bonds is 5. The van der Waals surface area contributed by atoms with E-state index in [0.717, 1.165) is 0 Å². The van der Waals surface area contributed by atoms with E-state index in [1.807, 2.05) is 0 Å². The Hall–Kier alpha value is -1.30. The topological polar surface area (TPSA) is 79.5 Å². The monoisotopic (exact) mass is 303 g/mol. The Bertz CT molecular complexity index is 425. The first-order valence-corrected chi connectivity index (χ1v) is 5.88. The van der Waals surface area contributed by atoms with E-state index in [2.05, 4.69) is 21.2 Å². The number of carboxylic acids is 1. The largest absolute Gasteiger partial charge is 0.481 e. The van der Waals surface area contributed by atoms with Crippen molar-refractivity contribution in [1.29, 1.82) is 0 Å². The molecule has 17 heavy (non-hydrogen) atoms. The molecule has 0 saturated carbocycles. The number of nitrogens with one attached hydrogen (secondary N) is 1. The summed E-state index contributed by atoms with van der Waals surface area (Å²) >= 11 is 3.19. The molecule has 0 aromatic carbocycles. The minimum Gasteiger partial charge on any atom is -0.481 e. The van der Waals surface area contributed by atoms with E-state index >= 15 is 0 Å². The number of furan rings is 1. The van der Waals surface area contributed by atoms with Crippen molar-refractivity contribution >= 4 is 27.8 Å². The van der Waals surface area contributed by atoms with Crippen LogP contribution in [0.3, 0.4) is 0 Å². The Morgan fingerprint density at radius 1 is 1.53 bits per heavy atom. The minimum atomic E-state index is -0.883. The quantitative estimate of drug-likeness (QED) is 0.875. The van der Waals surface area contributed by atoms with Crippen LogP contribution in [0.2, 0.25) is 0 Å². The lowest BCUT2D eigenvalue weighted by Gasteiger charge is -2.25. The molecule has 0 spiro atoms. The van der Waals surface area contributed by atoms with Crippen molar-refractivity contribution in [3.8, 4) is 0 Å². The number of carbonyl (C=O) groups is 2. The molecule has 0 fully saturated rings. The molecule has 1 amide bonds. The van der Waals surface area contributed by atoms with Crippen molar-refractivity contribution in [2.24, 2.45) is 0 Å². The summed E-state index contributed by atoms with van der Waals surface area (Å²) in [6.45, 7) is 3.54. The molecule has 1 aromatic rings. The van der Waals surface area contributed by atoms with Crippen LogP contribution in [0.1, 0.15) is 37.2 Å². The van der Waals surface area contributed by atoms with E-state index in [0.29, 0.717) is 10.9 Å². The zero-order valence-corrected chi connectivity index (χ0v) is 11.2. The third-order valence-corrected chi connectivity index (χ3v) is 2.86. The fourth-order valence-electron chi connectivity index (χ4n) is 1.30. The summed E-state index contributed by atoms with van der Waals surface area (Å²) in [6, 6.07) is 1.62. The molecule has 5 nitrogen and oxygen atoms in total. The molecule has 1 rings (SSSR count). The van der Waals surface area contributed by atoms with Crippen molar-refractivity contribution < 1.29 is 19.1 Å². The molecule has 2 N–H and O–H groups in total. The minimum absolute atomic E-state index is 0.00655. The average Bonchev–Trinajstić information content (AvgIpc) is 2.61. The molecule has 0 saturated heterocycles. The highest BCUT2D eigenvalue weighted by molar-refractivity contribution is 9.10. The van der Waals surface area contributed by atoms with E-state index in [9.17, 15) is 9.59 Å². The van der Waals surface area contributed by atoms with Crippen LogP contribution < -0.4 is 5.32 Å². The summed E-state index contributed by atoms with van der Waals surface area (Å²) in [5.41, 5.74) is -0.596. The Kier molecular flexibility index (Phi) is 4.34. The molecular weight excluding hydrogens is 290 g/mol. The SMILES string of the molecule is CC(C)(CCC(=O)O)NC(=O)c1occc1Br. The van der Waals surface area contributed by atoms with Crippen molar-refractivity contribution in [2.75, 3.05) is 0 Å². The summed E-state index contributed by atoms with van der Waals surface area (Å²) in [7, 11) is 0. The summed E-state index contributed by atoms with van der Waals surface area (Å²) in [5, 5.41) is 11.3. The predicted molar refractivity (Wildman–Crippen MR) is 64.8 cm³/mol. The first-order valence-electron chi connectivity index (χ1n) is 5.09. The van der Waals surface area contributed by atoms with E-state index in [-0.39, 0.29) is 18.1 Å². The van der Waals surface area contributed by atoms with Crippen LogP contribution in [0.5, 0.6) is 0 Å². The third kappa shape index (κ3) is 4.22. The number of carbonyl (C=O) groups excluding carboxylic acids is 1. The molecule has 94 valence electrons. The Balaban J connectivity index is 2.61. The number of aliphatic carboxylic acids is 1. The fraction of sp³-hybridized carbons (Fsp3) is 0.455. The lowest BCUT2D eigenvalue weighted by Crippen LogP contribution is -2.43. The van der Waals surface area contributed by atoms with Gasteiger partial charge in [-0.15, -0.1) is 0 Å². The van der Waals surface area contributed by atoms with Crippen LogP contribution in [0.15, 0.2) is 21.2 Å². The van der Waals surface area contributed by atoms with Gasteiger partial charge in [0.1, 0.15) is 0 Å². The van der Waals surface area contributed by atoms with E-state index in [1.165, 1.54) is 6.26 Å². The molecular formula is C11H14BrNO4. The van der Waals surface area contributed by atoms with Crippen molar-refractivity contribution in [1.82, 2.24) is 5.32 Å². The molecule has 6 heteroatoms. The number of hydrogen-bond acceptors (Lipinski definition) is 3. The first-order chi connectivity index (χ1) is 7.82. The second kappa shape index (κ2) is 5.35. The van der Waals surface area contributed by atoms with Crippen LogP contribution in [0.25, 0.3) is 0 Å². The highest BCUT2D eigenvalue weighted by atomic mass is 79.9. The Labute approximate surface area is 107 Å². The number of amides is 1. The normalized spacial score (nSPS) is 11.2. The van der Waals surface area contributed by atoms with Crippen LogP contribution in [-0.2, 0) is 4.79 Å². The maximum Gasteiger partial charge on any atom is 0.303 e. The van der Waals surface area contributed by atoms with Crippen molar-refractivity contribution in [3.63, 3.8) is 0 Å². The summed E-state index contributed by atoms with van der Waals surface area (Å²) in [6.07, 6.45) is 1.77. The van der Waals surface area contributed by atoms with Gasteiger partial charge in [0.25, 0.3) is 5.91 Å². The molecule has 0 bridgehead atoms. The van der Waals surface area contributed by atoms with Gasteiger partial charge in [-0.2, -0.15) is 0 Å². The molecule has 0 aliphatic rings. The standard InChI is InChI=1S/C11H14BrNO4/c1-11(2,5-3-8(14)15)13-10(16)9-7(12)4-6-17-9/h4,6H,3,5H2,1-2H3,(H,13,16)(H,14,15). The number of halogens is 1. The van der Waals surface area contributed by atoms with Gasteiger partial charge in [0, 0.05) is 12.0 Å². The molecule has 0 aliphatic heterocycles. The van der Waals surface area contributed by atoms with Crippen molar-refractivity contribution in [2.45, 2.75) is 32.2 Å². The van der Waals surface area contributed by atoms with Gasteiger partial charge in [-0.1, -0.05) is 0 Å². The Morgan fingerprint density at radius 2 is 2.18 bits per heavy atom. The second-order valence-electron chi connectivity index (χ2n) is 4.33. The third-order valence-electron chi connectivity index (χ3n) is 2.24.